The third-order valence-corrected chi connectivity index (χ3v) is 14.4. The average Bonchev–Trinajstić information content (AvgIpc) is 3.95. The molecule has 53 heavy (non-hydrogen) atoms. The molecule has 2 aromatic carbocycles. The van der Waals surface area contributed by atoms with Gasteiger partial charge in [-0.05, 0) is 91.4 Å². The number of aromatic nitrogens is 2. The van der Waals surface area contributed by atoms with Crippen LogP contribution in [-0.4, -0.2) is 50.5 Å². The SMILES string of the molecule is COc1ccc(O)c([C@H]2C3=CC[C@@H]4C(=O)N(Cc5cccs5)C(=O)[C@@H]4[C@@H]3C[C@H]3C(=O)N(c4cc(-c5sc6ccc(Cl)cc6c5C)nn4C)C(=O)[C@@]23C)c1. The topological polar surface area (TPSA) is 122 Å². The van der Waals surface area contributed by atoms with Gasteiger partial charge in [-0.2, -0.15) is 5.10 Å². The number of hydrogen-bond donors (Lipinski definition) is 1. The molecule has 4 aliphatic rings. The number of rotatable bonds is 6. The summed E-state index contributed by atoms with van der Waals surface area (Å²) in [7, 11) is 3.24. The number of hydrogen-bond acceptors (Lipinski definition) is 9. The predicted molar refractivity (Wildman–Crippen MR) is 203 cm³/mol. The van der Waals surface area contributed by atoms with E-state index in [2.05, 4.69) is 0 Å². The number of imide groups is 2. The van der Waals surface area contributed by atoms with E-state index < -0.39 is 46.8 Å². The van der Waals surface area contributed by atoms with E-state index in [4.69, 9.17) is 21.4 Å². The number of fused-ring (bicyclic) bond motifs is 5. The molecule has 13 heteroatoms. The number of anilines is 1. The van der Waals surface area contributed by atoms with E-state index in [1.54, 1.807) is 48.2 Å². The molecule has 5 aromatic rings. The van der Waals surface area contributed by atoms with Crippen LogP contribution in [0.2, 0.25) is 5.02 Å². The summed E-state index contributed by atoms with van der Waals surface area (Å²) in [4.78, 5) is 62.5. The zero-order valence-electron chi connectivity index (χ0n) is 29.3. The summed E-state index contributed by atoms with van der Waals surface area (Å²) >= 11 is 9.37. The third kappa shape index (κ3) is 4.84. The van der Waals surface area contributed by atoms with Crippen molar-refractivity contribution in [3.63, 3.8) is 0 Å². The Morgan fingerprint density at radius 3 is 2.60 bits per heavy atom. The fourth-order valence-corrected chi connectivity index (χ4v) is 11.5. The van der Waals surface area contributed by atoms with Crippen molar-refractivity contribution in [2.45, 2.75) is 39.2 Å². The Hall–Kier alpha value is -4.78. The Balaban J connectivity index is 1.15. The maximum absolute atomic E-state index is 15.1. The van der Waals surface area contributed by atoms with Crippen molar-refractivity contribution in [2.24, 2.45) is 36.1 Å². The molecule has 6 atom stereocenters. The minimum Gasteiger partial charge on any atom is -0.508 e. The second kappa shape index (κ2) is 12.1. The van der Waals surface area contributed by atoms with E-state index in [0.717, 1.165) is 31.0 Å². The lowest BCUT2D eigenvalue weighted by Crippen LogP contribution is -2.49. The highest BCUT2D eigenvalue weighted by molar-refractivity contribution is 7.22. The van der Waals surface area contributed by atoms with Crippen LogP contribution < -0.4 is 9.64 Å². The van der Waals surface area contributed by atoms with Gasteiger partial charge in [0.1, 0.15) is 23.0 Å². The van der Waals surface area contributed by atoms with Crippen LogP contribution in [0, 0.1) is 36.0 Å². The zero-order chi connectivity index (χ0) is 37.1. The molecule has 0 unspecified atom stereocenters. The third-order valence-electron chi connectivity index (χ3n) is 12.0. The van der Waals surface area contributed by atoms with Crippen molar-refractivity contribution in [3.05, 3.63) is 92.7 Å². The number of phenolic OH excluding ortho intramolecular Hbond substituents is 1. The minimum atomic E-state index is -1.34. The molecule has 2 aliphatic carbocycles. The number of nitrogens with zero attached hydrogens (tertiary/aromatic N) is 4. The van der Waals surface area contributed by atoms with E-state index in [1.165, 1.54) is 34.3 Å². The molecule has 0 spiro atoms. The molecule has 2 saturated heterocycles. The summed E-state index contributed by atoms with van der Waals surface area (Å²) in [5.41, 5.74) is 1.51. The number of benzene rings is 2. The number of allylic oxidation sites excluding steroid dienone is 2. The van der Waals surface area contributed by atoms with E-state index in [9.17, 15) is 19.5 Å². The van der Waals surface area contributed by atoms with Gasteiger partial charge < -0.3 is 9.84 Å². The van der Waals surface area contributed by atoms with Gasteiger partial charge in [-0.3, -0.25) is 28.8 Å². The van der Waals surface area contributed by atoms with Crippen LogP contribution in [0.5, 0.6) is 11.5 Å². The number of phenols is 1. The van der Waals surface area contributed by atoms with Crippen LogP contribution in [0.1, 0.15) is 41.7 Å². The minimum absolute atomic E-state index is 0.0468. The maximum Gasteiger partial charge on any atom is 0.242 e. The fraction of sp³-hybridized carbons (Fsp3) is 0.325. The average molecular weight is 767 g/mol. The Morgan fingerprint density at radius 1 is 1.04 bits per heavy atom. The van der Waals surface area contributed by atoms with Gasteiger partial charge in [0.25, 0.3) is 0 Å². The number of halogens is 1. The van der Waals surface area contributed by atoms with E-state index >= 15 is 4.79 Å². The van der Waals surface area contributed by atoms with Crippen molar-refractivity contribution in [2.75, 3.05) is 12.0 Å². The molecule has 3 aromatic heterocycles. The van der Waals surface area contributed by atoms with Crippen LogP contribution >= 0.6 is 34.3 Å². The summed E-state index contributed by atoms with van der Waals surface area (Å²) in [6.07, 6.45) is 2.51. The number of ether oxygens (including phenoxy) is 1. The Bertz CT molecular complexity index is 2430. The Labute approximate surface area is 318 Å². The van der Waals surface area contributed by atoms with Crippen molar-refractivity contribution in [3.8, 4) is 22.1 Å². The number of aromatic hydroxyl groups is 1. The van der Waals surface area contributed by atoms with Crippen LogP contribution in [0.4, 0.5) is 5.82 Å². The van der Waals surface area contributed by atoms with Gasteiger partial charge in [0.05, 0.1) is 41.7 Å². The lowest BCUT2D eigenvalue weighted by Gasteiger charge is -2.49. The number of carbonyl (C=O) groups is 4. The van der Waals surface area contributed by atoms with Crippen LogP contribution in [0.3, 0.4) is 0 Å². The van der Waals surface area contributed by atoms with Crippen LogP contribution in [-0.2, 0) is 32.8 Å². The summed E-state index contributed by atoms with van der Waals surface area (Å²) < 4.78 is 8.17. The van der Waals surface area contributed by atoms with E-state index in [0.29, 0.717) is 34.3 Å². The van der Waals surface area contributed by atoms with Gasteiger partial charge in [0, 0.05) is 39.2 Å². The highest BCUT2D eigenvalue weighted by atomic mass is 35.5. The highest BCUT2D eigenvalue weighted by Gasteiger charge is 2.68. The number of methoxy groups -OCH3 is 1. The van der Waals surface area contributed by atoms with Gasteiger partial charge in [-0.25, -0.2) is 4.90 Å². The van der Waals surface area contributed by atoms with Gasteiger partial charge >= 0.3 is 0 Å². The summed E-state index contributed by atoms with van der Waals surface area (Å²) in [5.74, 6) is -3.90. The summed E-state index contributed by atoms with van der Waals surface area (Å²) in [6, 6.07) is 16.2. The number of aryl methyl sites for hydroxylation is 2. The largest absolute Gasteiger partial charge is 0.508 e. The summed E-state index contributed by atoms with van der Waals surface area (Å²) in [5, 5.41) is 19.8. The number of carbonyl (C=O) groups excluding carboxylic acids is 4. The number of thiophene rings is 2. The number of likely N-dealkylation sites (tertiary alicyclic amines) is 1. The molecular formula is C40H35ClN4O6S2. The lowest BCUT2D eigenvalue weighted by molar-refractivity contribution is -0.141. The standard InChI is InChI=1S/C40H35ClN4O6S2/c1-19-25-14-20(41)7-12-31(25)53-35(19)29-17-32(43(3)42-29)45-37(48)28-16-26-23(34(40(28,2)39(45)50)27-15-21(51-4)8-11-30(27)46)9-10-24-33(26)38(49)44(36(24)47)18-22-6-5-13-52-22/h5-9,11-15,17,24,26,28,33-34,46H,10,16,18H2,1-4H3/t24-,26+,28-,33-,34+,40+/m0/s1. The van der Waals surface area contributed by atoms with Gasteiger partial charge in [-0.1, -0.05) is 29.3 Å². The number of amides is 4. The van der Waals surface area contributed by atoms with Gasteiger partial charge in [-0.15, -0.1) is 22.7 Å². The van der Waals surface area contributed by atoms with Crippen molar-refractivity contribution < 1.29 is 29.0 Å². The highest BCUT2D eigenvalue weighted by Crippen LogP contribution is 2.64. The Kier molecular flexibility index (Phi) is 7.78. The molecule has 1 saturated carbocycles. The smallest absolute Gasteiger partial charge is 0.242 e. The lowest BCUT2D eigenvalue weighted by atomic mass is 9.51. The molecule has 9 rings (SSSR count). The quantitative estimate of drug-likeness (QED) is 0.141. The monoisotopic (exact) mass is 766 g/mol. The van der Waals surface area contributed by atoms with Crippen molar-refractivity contribution in [1.82, 2.24) is 14.7 Å². The second-order valence-corrected chi connectivity index (χ2v) is 17.2. The molecule has 10 nitrogen and oxygen atoms in total. The molecule has 4 amide bonds. The van der Waals surface area contributed by atoms with Crippen molar-refractivity contribution >= 4 is 73.8 Å². The first kappa shape index (κ1) is 34.0. The molecular weight excluding hydrogens is 732 g/mol. The van der Waals surface area contributed by atoms with E-state index in [1.807, 2.05) is 48.7 Å². The Morgan fingerprint density at radius 2 is 1.85 bits per heavy atom. The van der Waals surface area contributed by atoms with Crippen LogP contribution in [0.15, 0.2) is 71.6 Å². The molecule has 270 valence electrons. The molecule has 5 heterocycles. The maximum atomic E-state index is 15.1. The molecule has 0 bridgehead atoms. The first-order valence-electron chi connectivity index (χ1n) is 17.5. The van der Waals surface area contributed by atoms with Crippen LogP contribution in [0.25, 0.3) is 20.7 Å². The normalized spacial score (nSPS) is 26.7. The van der Waals surface area contributed by atoms with Gasteiger partial charge in [0.15, 0.2) is 0 Å². The van der Waals surface area contributed by atoms with Gasteiger partial charge in [0.2, 0.25) is 23.6 Å². The fourth-order valence-electron chi connectivity index (χ4n) is 9.46. The van der Waals surface area contributed by atoms with Crippen molar-refractivity contribution in [1.29, 1.82) is 0 Å². The zero-order valence-corrected chi connectivity index (χ0v) is 31.7. The molecule has 0 radical (unpaired) electrons. The molecule has 3 fully saturated rings. The molecule has 2 aliphatic heterocycles. The first-order valence-corrected chi connectivity index (χ1v) is 19.6. The second-order valence-electron chi connectivity index (χ2n) is 14.6. The summed E-state index contributed by atoms with van der Waals surface area (Å²) in [6.45, 7) is 4.00. The van der Waals surface area contributed by atoms with E-state index in [-0.39, 0.29) is 30.5 Å². The predicted octanol–water partition coefficient (Wildman–Crippen LogP) is 7.47. The molecule has 1 N–H and O–H groups in total. The first-order chi connectivity index (χ1) is 25.4.